The molecule has 0 aliphatic carbocycles. The van der Waals surface area contributed by atoms with Crippen LogP contribution in [0.3, 0.4) is 0 Å². The molecule has 0 aromatic heterocycles. The monoisotopic (exact) mass is 479 g/mol. The van der Waals surface area contributed by atoms with E-state index in [4.69, 9.17) is 0 Å². The number of allylic oxidation sites excluding steroid dienone is 6. The van der Waals surface area contributed by atoms with Gasteiger partial charge in [0.05, 0.1) is 21.3 Å². The van der Waals surface area contributed by atoms with Gasteiger partial charge in [0.2, 0.25) is 17.7 Å². The van der Waals surface area contributed by atoms with E-state index in [2.05, 4.69) is 36.7 Å². The molecule has 0 radical (unpaired) electrons. The molecule has 3 amide bonds. The van der Waals surface area contributed by atoms with Crippen LogP contribution in [0.25, 0.3) is 0 Å². The van der Waals surface area contributed by atoms with E-state index in [1.54, 1.807) is 0 Å². The summed E-state index contributed by atoms with van der Waals surface area (Å²) in [4.78, 5) is 66.1. The van der Waals surface area contributed by atoms with Gasteiger partial charge in [-0.1, -0.05) is 24.8 Å². The van der Waals surface area contributed by atoms with Crippen molar-refractivity contribution in [3.63, 3.8) is 0 Å². The van der Waals surface area contributed by atoms with E-state index >= 15 is 0 Å². The molecule has 0 spiro atoms. The highest BCUT2D eigenvalue weighted by molar-refractivity contribution is 5.94. The van der Waals surface area contributed by atoms with Crippen LogP contribution >= 0.6 is 0 Å². The number of rotatable bonds is 9. The highest BCUT2D eigenvalue weighted by atomic mass is 16.5. The molecule has 0 unspecified atom stereocenters. The number of esters is 3. The van der Waals surface area contributed by atoms with Gasteiger partial charge in [0, 0.05) is 20.8 Å². The third kappa shape index (κ3) is 15.3. The average molecular weight is 479 g/mol. The van der Waals surface area contributed by atoms with Crippen molar-refractivity contribution in [3.8, 4) is 0 Å². The van der Waals surface area contributed by atoms with Gasteiger partial charge in [-0.3, -0.25) is 14.4 Å². The highest BCUT2D eigenvalue weighted by Gasteiger charge is 2.11. The van der Waals surface area contributed by atoms with Crippen LogP contribution in [0.15, 0.2) is 60.1 Å². The number of hydrogen-bond acceptors (Lipinski definition) is 9. The zero-order chi connectivity index (χ0) is 26.7. The molecule has 0 heterocycles. The van der Waals surface area contributed by atoms with Crippen molar-refractivity contribution in [2.75, 3.05) is 21.3 Å². The van der Waals surface area contributed by atoms with Crippen LogP contribution in [0.5, 0.6) is 0 Å². The molecule has 0 aliphatic rings. The Balaban J connectivity index is 0. The van der Waals surface area contributed by atoms with Gasteiger partial charge in [-0.2, -0.15) is 0 Å². The maximum absolute atomic E-state index is 11.4. The van der Waals surface area contributed by atoms with E-state index in [-0.39, 0.29) is 23.0 Å². The fourth-order valence-electron chi connectivity index (χ4n) is 1.80. The number of carbonyl (C=O) groups excluding carboxylic acids is 6. The van der Waals surface area contributed by atoms with E-state index in [9.17, 15) is 28.8 Å². The molecule has 0 aromatic rings. The number of hydrogen-bond donors (Lipinski definition) is 3. The van der Waals surface area contributed by atoms with Gasteiger partial charge < -0.3 is 30.2 Å². The summed E-state index contributed by atoms with van der Waals surface area (Å²) in [7, 11) is 3.59. The molecule has 0 rings (SSSR count). The minimum atomic E-state index is -0.723. The highest BCUT2D eigenvalue weighted by Crippen LogP contribution is 1.97. The predicted octanol–water partition coefficient (Wildman–Crippen LogP) is 0.294. The second-order valence-electron chi connectivity index (χ2n) is 5.88. The first-order chi connectivity index (χ1) is 15.9. The van der Waals surface area contributed by atoms with E-state index in [0.717, 1.165) is 0 Å². The zero-order valence-electron chi connectivity index (χ0n) is 19.8. The van der Waals surface area contributed by atoms with Crippen molar-refractivity contribution in [2.24, 2.45) is 0 Å². The summed E-state index contributed by atoms with van der Waals surface area (Å²) in [6.07, 6.45) is 8.09. The third-order valence-electron chi connectivity index (χ3n) is 3.07. The Morgan fingerprint density at radius 1 is 0.559 bits per heavy atom. The van der Waals surface area contributed by atoms with Gasteiger partial charge in [0.15, 0.2) is 0 Å². The summed E-state index contributed by atoms with van der Waals surface area (Å²) >= 11 is 0. The lowest BCUT2D eigenvalue weighted by Gasteiger charge is -2.04. The predicted molar refractivity (Wildman–Crippen MR) is 121 cm³/mol. The van der Waals surface area contributed by atoms with E-state index in [1.165, 1.54) is 78.6 Å². The van der Waals surface area contributed by atoms with Gasteiger partial charge in [-0.15, -0.1) is 0 Å². The molecule has 12 nitrogen and oxygen atoms in total. The van der Waals surface area contributed by atoms with E-state index < -0.39 is 29.7 Å². The first-order valence-electron chi connectivity index (χ1n) is 9.42. The minimum Gasteiger partial charge on any atom is -0.464 e. The molecular formula is C22H29N3O9. The fourth-order valence-corrected chi connectivity index (χ4v) is 1.80. The number of ether oxygens (including phenoxy) is 3. The van der Waals surface area contributed by atoms with Gasteiger partial charge in [0.1, 0.15) is 17.1 Å². The number of nitrogens with one attached hydrogen (secondary N) is 3. The summed E-state index contributed by atoms with van der Waals surface area (Å²) in [5.74, 6) is -3.24. The lowest BCUT2D eigenvalue weighted by atomic mass is 10.3. The molecule has 0 aliphatic heterocycles. The SMILES string of the molecule is C=C/C=C(\NC(C)=O)C(=O)OC.COC(=O)C(=CC=C/C=C(\NC(C)=O)C(=O)OC)NC(C)=O. The maximum atomic E-state index is 11.4. The van der Waals surface area contributed by atoms with Crippen molar-refractivity contribution < 1.29 is 43.0 Å². The second kappa shape index (κ2) is 18.1. The van der Waals surface area contributed by atoms with Crippen LogP contribution in [0.2, 0.25) is 0 Å². The first kappa shape index (κ1) is 31.7. The van der Waals surface area contributed by atoms with Crippen molar-refractivity contribution >= 4 is 35.6 Å². The molecule has 0 atom stereocenters. The van der Waals surface area contributed by atoms with Gasteiger partial charge in [0.25, 0.3) is 0 Å². The van der Waals surface area contributed by atoms with Crippen LogP contribution in [-0.2, 0) is 43.0 Å². The summed E-state index contributed by atoms with van der Waals surface area (Å²) in [6.45, 7) is 7.18. The molecule has 186 valence electrons. The Hall–Kier alpha value is -4.48. The Morgan fingerprint density at radius 2 is 0.824 bits per heavy atom. The zero-order valence-corrected chi connectivity index (χ0v) is 19.8. The molecule has 0 aromatic carbocycles. The molecule has 12 heteroatoms. The molecule has 0 saturated heterocycles. The van der Waals surface area contributed by atoms with Crippen molar-refractivity contribution in [1.29, 1.82) is 0 Å². The average Bonchev–Trinajstić information content (AvgIpc) is 2.77. The lowest BCUT2D eigenvalue weighted by Crippen LogP contribution is -2.25. The molecule has 34 heavy (non-hydrogen) atoms. The normalized spacial score (nSPS) is 11.3. The van der Waals surface area contributed by atoms with Crippen LogP contribution in [0.4, 0.5) is 0 Å². The van der Waals surface area contributed by atoms with Crippen LogP contribution in [-0.4, -0.2) is 57.0 Å². The van der Waals surface area contributed by atoms with Crippen molar-refractivity contribution in [1.82, 2.24) is 16.0 Å². The third-order valence-corrected chi connectivity index (χ3v) is 3.07. The van der Waals surface area contributed by atoms with Crippen molar-refractivity contribution in [3.05, 3.63) is 60.1 Å². The molecule has 3 N–H and O–H groups in total. The quantitative estimate of drug-likeness (QED) is 0.182. The molecule has 0 fully saturated rings. The Morgan fingerprint density at radius 3 is 1.03 bits per heavy atom. The van der Waals surface area contributed by atoms with Crippen LogP contribution in [0.1, 0.15) is 20.8 Å². The Kier molecular flexibility index (Phi) is 16.9. The number of methoxy groups -OCH3 is 3. The van der Waals surface area contributed by atoms with Gasteiger partial charge >= 0.3 is 17.9 Å². The standard InChI is InChI=1S/C14H18N2O6.C8H11NO3/c1-9(17)15-11(13(19)21-3)7-5-6-8-12(14(20)22-4)16-10(2)18;1-4-5-7(8(11)12-3)9-6(2)10/h5-8H,1-4H3,(H,15,17)(H,16,18);4-5H,1H2,2-3H3,(H,9,10)/b6-5?,11-7-,12-8?;7-5-. The molecular weight excluding hydrogens is 450 g/mol. The molecule has 0 bridgehead atoms. The van der Waals surface area contributed by atoms with Crippen molar-refractivity contribution in [2.45, 2.75) is 20.8 Å². The first-order valence-corrected chi connectivity index (χ1v) is 9.42. The van der Waals surface area contributed by atoms with E-state index in [1.807, 2.05) is 0 Å². The largest absolute Gasteiger partial charge is 0.464 e. The molecule has 0 saturated carbocycles. The summed E-state index contributed by atoms with van der Waals surface area (Å²) < 4.78 is 13.4. The van der Waals surface area contributed by atoms with Crippen LogP contribution in [0, 0.1) is 0 Å². The van der Waals surface area contributed by atoms with Crippen LogP contribution < -0.4 is 16.0 Å². The van der Waals surface area contributed by atoms with Gasteiger partial charge in [-0.25, -0.2) is 14.4 Å². The summed E-state index contributed by atoms with van der Waals surface area (Å²) in [5, 5.41) is 6.91. The lowest BCUT2D eigenvalue weighted by molar-refractivity contribution is -0.138. The maximum Gasteiger partial charge on any atom is 0.354 e. The topological polar surface area (TPSA) is 166 Å². The summed E-state index contributed by atoms with van der Waals surface area (Å²) in [6, 6.07) is 0. The number of amides is 3. The van der Waals surface area contributed by atoms with E-state index in [0.29, 0.717) is 0 Å². The Bertz CT molecular complexity index is 865. The summed E-state index contributed by atoms with van der Waals surface area (Å²) in [5.41, 5.74) is -0.0578. The Labute approximate surface area is 197 Å². The fraction of sp³-hybridized carbons (Fsp3) is 0.273. The minimum absolute atomic E-state index is 0.0706. The van der Waals surface area contributed by atoms with Gasteiger partial charge in [-0.05, 0) is 18.2 Å². The number of carbonyl (C=O) groups is 6. The smallest absolute Gasteiger partial charge is 0.354 e. The second-order valence-corrected chi connectivity index (χ2v) is 5.88.